The summed E-state index contributed by atoms with van der Waals surface area (Å²) in [4.78, 5) is 10.8. The molecule has 4 rings (SSSR count). The molecule has 0 aliphatic carbocycles. The average Bonchev–Trinajstić information content (AvgIpc) is 3.25. The van der Waals surface area contributed by atoms with Gasteiger partial charge >= 0.3 is 0 Å². The SMILES string of the molecule is CC1(C)O[C@H]2O[C@H]([C@H]3COC(C)(C)O3)[C@@H](NC(=S)Nc3ccccc3[N+](=O)[O-])[C@H]2O1. The van der Waals surface area contributed by atoms with Gasteiger partial charge in [0.05, 0.1) is 17.6 Å². The smallest absolute Gasteiger partial charge is 0.292 e. The lowest BCUT2D eigenvalue weighted by Gasteiger charge is -2.30. The van der Waals surface area contributed by atoms with Crippen molar-refractivity contribution >= 4 is 28.7 Å². The number of nitrogens with one attached hydrogen (secondary N) is 2. The third kappa shape index (κ3) is 4.27. The summed E-state index contributed by atoms with van der Waals surface area (Å²) in [6.07, 6.45) is -1.85. The highest BCUT2D eigenvalue weighted by Crippen LogP contribution is 2.40. The van der Waals surface area contributed by atoms with Gasteiger partial charge in [-0.3, -0.25) is 10.1 Å². The third-order valence-electron chi connectivity index (χ3n) is 5.13. The summed E-state index contributed by atoms with van der Waals surface area (Å²) in [5.74, 6) is -1.53. The van der Waals surface area contributed by atoms with Gasteiger partial charge in [0.15, 0.2) is 23.0 Å². The van der Waals surface area contributed by atoms with E-state index in [1.54, 1.807) is 18.2 Å². The molecule has 10 nitrogen and oxygen atoms in total. The first-order valence-corrected chi connectivity index (χ1v) is 10.1. The zero-order valence-corrected chi connectivity index (χ0v) is 17.9. The number of fused-ring (bicyclic) bond motifs is 1. The van der Waals surface area contributed by atoms with E-state index in [9.17, 15) is 10.1 Å². The largest absolute Gasteiger partial charge is 0.354 e. The Hall–Kier alpha value is -1.89. The van der Waals surface area contributed by atoms with E-state index in [1.807, 2.05) is 27.7 Å². The third-order valence-corrected chi connectivity index (χ3v) is 5.35. The van der Waals surface area contributed by atoms with Gasteiger partial charge in [0.25, 0.3) is 5.69 Å². The Balaban J connectivity index is 1.51. The van der Waals surface area contributed by atoms with Crippen LogP contribution in [-0.4, -0.2) is 58.9 Å². The van der Waals surface area contributed by atoms with Crippen LogP contribution in [0.3, 0.4) is 0 Å². The van der Waals surface area contributed by atoms with Crippen molar-refractivity contribution < 1.29 is 28.6 Å². The van der Waals surface area contributed by atoms with Crippen LogP contribution in [0.15, 0.2) is 24.3 Å². The van der Waals surface area contributed by atoms with E-state index in [-0.39, 0.29) is 22.6 Å². The minimum absolute atomic E-state index is 0.0744. The predicted octanol–water partition coefficient (Wildman–Crippen LogP) is 2.28. The lowest BCUT2D eigenvalue weighted by Crippen LogP contribution is -2.53. The molecule has 1 aromatic rings. The van der Waals surface area contributed by atoms with Gasteiger partial charge in [-0.1, -0.05) is 12.1 Å². The van der Waals surface area contributed by atoms with Crippen molar-refractivity contribution in [2.24, 2.45) is 0 Å². The maximum atomic E-state index is 11.3. The summed E-state index contributed by atoms with van der Waals surface area (Å²) in [5, 5.41) is 17.6. The molecular weight excluding hydrogens is 414 g/mol. The van der Waals surface area contributed by atoms with E-state index in [2.05, 4.69) is 10.6 Å². The highest BCUT2D eigenvalue weighted by atomic mass is 32.1. The van der Waals surface area contributed by atoms with Gasteiger partial charge in [0.1, 0.15) is 24.0 Å². The second-order valence-corrected chi connectivity index (χ2v) is 8.74. The molecule has 0 saturated carbocycles. The first-order chi connectivity index (χ1) is 14.0. The summed E-state index contributed by atoms with van der Waals surface area (Å²) < 4.78 is 29.7. The standard InChI is InChI=1S/C19H25N3O7S/c1-18(2)25-9-12(27-18)14-13(15-16(26-14)29-19(3,4)28-15)21-17(30)20-10-7-5-6-8-11(10)22(23)24/h5-8,12-16H,9H2,1-4H3,(H2,20,21,30)/t12-,13-,14-,15-,16-/m1/s1. The summed E-state index contributed by atoms with van der Waals surface area (Å²) in [5.41, 5.74) is 0.215. The molecule has 3 heterocycles. The summed E-state index contributed by atoms with van der Waals surface area (Å²) in [6.45, 7) is 7.64. The highest BCUT2D eigenvalue weighted by Gasteiger charge is 2.58. The van der Waals surface area contributed by atoms with Crippen LogP contribution in [0.1, 0.15) is 27.7 Å². The molecule has 11 heteroatoms. The van der Waals surface area contributed by atoms with Crippen molar-refractivity contribution in [3.05, 3.63) is 34.4 Å². The summed E-state index contributed by atoms with van der Waals surface area (Å²) in [7, 11) is 0. The quantitative estimate of drug-likeness (QED) is 0.411. The van der Waals surface area contributed by atoms with E-state index >= 15 is 0 Å². The zero-order valence-electron chi connectivity index (χ0n) is 17.1. The fraction of sp³-hybridized carbons (Fsp3) is 0.632. The molecule has 5 atom stereocenters. The Kier molecular flexibility index (Phi) is 5.45. The fourth-order valence-electron chi connectivity index (χ4n) is 3.94. The molecule has 0 aromatic heterocycles. The second kappa shape index (κ2) is 7.66. The number of ether oxygens (including phenoxy) is 5. The number of hydrogen-bond acceptors (Lipinski definition) is 8. The number of nitrogens with zero attached hydrogens (tertiary/aromatic N) is 1. The molecular formula is C19H25N3O7S. The number of rotatable bonds is 4. The molecule has 0 unspecified atom stereocenters. The Bertz CT molecular complexity index is 849. The number of thiocarbonyl (C=S) groups is 1. The van der Waals surface area contributed by atoms with Crippen LogP contribution in [0.2, 0.25) is 0 Å². The molecule has 30 heavy (non-hydrogen) atoms. The maximum absolute atomic E-state index is 11.3. The van der Waals surface area contributed by atoms with Crippen molar-refractivity contribution in [3.63, 3.8) is 0 Å². The van der Waals surface area contributed by atoms with Gasteiger partial charge < -0.3 is 34.3 Å². The van der Waals surface area contributed by atoms with Crippen molar-refractivity contribution in [1.29, 1.82) is 0 Å². The van der Waals surface area contributed by atoms with Crippen LogP contribution in [-0.2, 0) is 23.7 Å². The summed E-state index contributed by atoms with van der Waals surface area (Å²) >= 11 is 5.44. The summed E-state index contributed by atoms with van der Waals surface area (Å²) in [6, 6.07) is 5.87. The maximum Gasteiger partial charge on any atom is 0.292 e. The minimum atomic E-state index is -0.806. The van der Waals surface area contributed by atoms with Crippen molar-refractivity contribution in [2.75, 3.05) is 11.9 Å². The van der Waals surface area contributed by atoms with Crippen LogP contribution in [0.4, 0.5) is 11.4 Å². The predicted molar refractivity (Wildman–Crippen MR) is 110 cm³/mol. The molecule has 1 aromatic carbocycles. The Morgan fingerprint density at radius 1 is 1.13 bits per heavy atom. The van der Waals surface area contributed by atoms with Crippen LogP contribution < -0.4 is 10.6 Å². The lowest BCUT2D eigenvalue weighted by molar-refractivity contribution is -0.383. The molecule has 3 fully saturated rings. The van der Waals surface area contributed by atoms with Gasteiger partial charge in [-0.05, 0) is 46.0 Å². The highest BCUT2D eigenvalue weighted by molar-refractivity contribution is 7.80. The molecule has 3 aliphatic rings. The molecule has 3 aliphatic heterocycles. The Morgan fingerprint density at radius 2 is 1.87 bits per heavy atom. The van der Waals surface area contributed by atoms with Crippen LogP contribution in [0.5, 0.6) is 0 Å². The first-order valence-electron chi connectivity index (χ1n) is 9.68. The van der Waals surface area contributed by atoms with Crippen molar-refractivity contribution in [2.45, 2.75) is 69.9 Å². The zero-order chi connectivity index (χ0) is 21.7. The van der Waals surface area contributed by atoms with Gasteiger partial charge in [0, 0.05) is 6.07 Å². The normalized spacial score (nSPS) is 33.8. The monoisotopic (exact) mass is 439 g/mol. The Labute approximate surface area is 179 Å². The van der Waals surface area contributed by atoms with Gasteiger partial charge in [-0.25, -0.2) is 0 Å². The second-order valence-electron chi connectivity index (χ2n) is 8.33. The molecule has 0 radical (unpaired) electrons. The number of nitro groups is 1. The van der Waals surface area contributed by atoms with Crippen LogP contribution >= 0.6 is 12.2 Å². The number of nitro benzene ring substituents is 1. The molecule has 3 saturated heterocycles. The number of para-hydroxylation sites is 2. The van der Waals surface area contributed by atoms with Crippen LogP contribution in [0.25, 0.3) is 0 Å². The lowest BCUT2D eigenvalue weighted by atomic mass is 10.0. The van der Waals surface area contributed by atoms with Crippen LogP contribution in [0, 0.1) is 10.1 Å². The van der Waals surface area contributed by atoms with E-state index in [0.717, 1.165) is 0 Å². The van der Waals surface area contributed by atoms with E-state index in [4.69, 9.17) is 35.9 Å². The molecule has 0 spiro atoms. The van der Waals surface area contributed by atoms with Crippen molar-refractivity contribution in [3.8, 4) is 0 Å². The van der Waals surface area contributed by atoms with E-state index in [1.165, 1.54) is 6.07 Å². The number of benzene rings is 1. The number of anilines is 1. The number of hydrogen-bond donors (Lipinski definition) is 2. The minimum Gasteiger partial charge on any atom is -0.354 e. The van der Waals surface area contributed by atoms with Gasteiger partial charge in [0.2, 0.25) is 0 Å². The Morgan fingerprint density at radius 3 is 2.53 bits per heavy atom. The average molecular weight is 439 g/mol. The molecule has 164 valence electrons. The van der Waals surface area contributed by atoms with E-state index in [0.29, 0.717) is 6.61 Å². The molecule has 2 N–H and O–H groups in total. The fourth-order valence-corrected chi connectivity index (χ4v) is 4.19. The van der Waals surface area contributed by atoms with E-state index < -0.39 is 41.0 Å². The first kappa shape index (κ1) is 21.3. The topological polar surface area (TPSA) is 113 Å². The van der Waals surface area contributed by atoms with Gasteiger partial charge in [-0.2, -0.15) is 0 Å². The molecule has 0 amide bonds. The molecule has 0 bridgehead atoms. The van der Waals surface area contributed by atoms with Crippen molar-refractivity contribution in [1.82, 2.24) is 5.32 Å². The van der Waals surface area contributed by atoms with Gasteiger partial charge in [-0.15, -0.1) is 0 Å².